The number of hydrogen-bond acceptors (Lipinski definition) is 1. The largest absolute Gasteiger partial charge is 0.391 e. The maximum atomic E-state index is 11.9. The van der Waals surface area contributed by atoms with Crippen molar-refractivity contribution in [1.82, 2.24) is 0 Å². The third-order valence-corrected chi connectivity index (χ3v) is 2.09. The lowest BCUT2D eigenvalue weighted by Crippen LogP contribution is -2.29. The number of ether oxygens (including phenoxy) is 1. The SMILES string of the molecule is CC1CCOC(CC(F)(F)F)C1. The fourth-order valence-electron chi connectivity index (χ4n) is 1.47. The lowest BCUT2D eigenvalue weighted by Gasteiger charge is -2.27. The van der Waals surface area contributed by atoms with Gasteiger partial charge < -0.3 is 4.74 Å². The molecule has 1 rings (SSSR count). The molecule has 4 heteroatoms. The van der Waals surface area contributed by atoms with Crippen LogP contribution in [0.4, 0.5) is 13.2 Å². The molecular weight excluding hydrogens is 169 g/mol. The molecule has 0 bridgehead atoms. The van der Waals surface area contributed by atoms with E-state index in [1.54, 1.807) is 0 Å². The molecule has 0 saturated carbocycles. The van der Waals surface area contributed by atoms with Crippen molar-refractivity contribution in [3.8, 4) is 0 Å². The predicted molar refractivity (Wildman–Crippen MR) is 38.8 cm³/mol. The van der Waals surface area contributed by atoms with Crippen LogP contribution in [0.25, 0.3) is 0 Å². The minimum atomic E-state index is -4.08. The van der Waals surface area contributed by atoms with Gasteiger partial charge in [-0.25, -0.2) is 0 Å². The van der Waals surface area contributed by atoms with E-state index in [0.29, 0.717) is 18.9 Å². The van der Waals surface area contributed by atoms with Crippen molar-refractivity contribution >= 4 is 0 Å². The zero-order valence-electron chi connectivity index (χ0n) is 7.03. The van der Waals surface area contributed by atoms with E-state index in [4.69, 9.17) is 4.74 Å². The Morgan fingerprint density at radius 1 is 1.42 bits per heavy atom. The molecule has 0 aromatic heterocycles. The van der Waals surface area contributed by atoms with Crippen LogP contribution in [0, 0.1) is 5.92 Å². The Morgan fingerprint density at radius 2 is 2.08 bits per heavy atom. The van der Waals surface area contributed by atoms with E-state index in [0.717, 1.165) is 6.42 Å². The molecule has 1 saturated heterocycles. The standard InChI is InChI=1S/C8H13F3O/c1-6-2-3-12-7(4-6)5-8(9,10)11/h6-7H,2-5H2,1H3. The van der Waals surface area contributed by atoms with Gasteiger partial charge in [-0.05, 0) is 18.8 Å². The molecule has 0 aromatic carbocycles. The van der Waals surface area contributed by atoms with Crippen LogP contribution in [0.5, 0.6) is 0 Å². The highest BCUT2D eigenvalue weighted by molar-refractivity contribution is 4.71. The van der Waals surface area contributed by atoms with Gasteiger partial charge in [-0.1, -0.05) is 6.92 Å². The molecule has 0 amide bonds. The van der Waals surface area contributed by atoms with E-state index in [1.165, 1.54) is 0 Å². The Morgan fingerprint density at radius 3 is 2.58 bits per heavy atom. The fourth-order valence-corrected chi connectivity index (χ4v) is 1.47. The van der Waals surface area contributed by atoms with E-state index in [2.05, 4.69) is 0 Å². The van der Waals surface area contributed by atoms with Gasteiger partial charge in [0.15, 0.2) is 0 Å². The molecular formula is C8H13F3O. The summed E-state index contributed by atoms with van der Waals surface area (Å²) in [4.78, 5) is 0. The van der Waals surface area contributed by atoms with Crippen LogP contribution in [0.3, 0.4) is 0 Å². The molecule has 1 fully saturated rings. The van der Waals surface area contributed by atoms with E-state index >= 15 is 0 Å². The topological polar surface area (TPSA) is 9.23 Å². The minimum absolute atomic E-state index is 0.367. The maximum absolute atomic E-state index is 11.9. The van der Waals surface area contributed by atoms with Crippen LogP contribution in [-0.4, -0.2) is 18.9 Å². The second-order valence-corrected chi connectivity index (χ2v) is 3.44. The van der Waals surface area contributed by atoms with E-state index < -0.39 is 18.7 Å². The predicted octanol–water partition coefficient (Wildman–Crippen LogP) is 2.75. The summed E-state index contributed by atoms with van der Waals surface area (Å²) in [5.74, 6) is 0.367. The van der Waals surface area contributed by atoms with E-state index in [1.807, 2.05) is 6.92 Å². The zero-order valence-corrected chi connectivity index (χ0v) is 7.03. The van der Waals surface area contributed by atoms with Gasteiger partial charge in [0, 0.05) is 6.61 Å². The van der Waals surface area contributed by atoms with Gasteiger partial charge in [0.05, 0.1) is 12.5 Å². The third-order valence-electron chi connectivity index (χ3n) is 2.09. The molecule has 0 radical (unpaired) electrons. The number of rotatable bonds is 1. The van der Waals surface area contributed by atoms with Gasteiger partial charge in [0.25, 0.3) is 0 Å². The second kappa shape index (κ2) is 3.64. The van der Waals surface area contributed by atoms with Crippen molar-refractivity contribution in [3.05, 3.63) is 0 Å². The number of hydrogen-bond donors (Lipinski definition) is 0. The van der Waals surface area contributed by atoms with E-state index in [-0.39, 0.29) is 0 Å². The summed E-state index contributed by atoms with van der Waals surface area (Å²) in [6.45, 7) is 2.44. The van der Waals surface area contributed by atoms with Crippen molar-refractivity contribution in [2.45, 2.75) is 38.5 Å². The van der Waals surface area contributed by atoms with Gasteiger partial charge >= 0.3 is 6.18 Å². The number of halogens is 3. The molecule has 1 aliphatic rings. The highest BCUT2D eigenvalue weighted by Gasteiger charge is 2.34. The lowest BCUT2D eigenvalue weighted by molar-refractivity contribution is -0.168. The van der Waals surface area contributed by atoms with Crippen LogP contribution >= 0.6 is 0 Å². The van der Waals surface area contributed by atoms with E-state index in [9.17, 15) is 13.2 Å². The molecule has 0 aliphatic carbocycles. The first kappa shape index (κ1) is 9.84. The smallest absolute Gasteiger partial charge is 0.378 e. The Hall–Kier alpha value is -0.250. The first-order valence-electron chi connectivity index (χ1n) is 4.16. The Kier molecular flexibility index (Phi) is 2.99. The average Bonchev–Trinajstić information content (AvgIpc) is 1.82. The quantitative estimate of drug-likeness (QED) is 0.605. The molecule has 0 spiro atoms. The monoisotopic (exact) mass is 182 g/mol. The van der Waals surface area contributed by atoms with Crippen molar-refractivity contribution in [2.24, 2.45) is 5.92 Å². The molecule has 0 aromatic rings. The van der Waals surface area contributed by atoms with Crippen LogP contribution in [0.2, 0.25) is 0 Å². The van der Waals surface area contributed by atoms with Crippen molar-refractivity contribution < 1.29 is 17.9 Å². The van der Waals surface area contributed by atoms with Gasteiger partial charge in [-0.15, -0.1) is 0 Å². The molecule has 2 atom stereocenters. The Labute approximate surface area is 69.9 Å². The summed E-state index contributed by atoms with van der Waals surface area (Å²) in [6.07, 6.45) is -4.05. The molecule has 1 nitrogen and oxygen atoms in total. The summed E-state index contributed by atoms with van der Waals surface area (Å²) in [5.41, 5.74) is 0. The molecule has 72 valence electrons. The number of alkyl halides is 3. The highest BCUT2D eigenvalue weighted by Crippen LogP contribution is 2.29. The summed E-state index contributed by atoms with van der Waals surface area (Å²) in [6, 6.07) is 0. The first-order chi connectivity index (χ1) is 5.47. The van der Waals surface area contributed by atoms with Gasteiger partial charge in [0.2, 0.25) is 0 Å². The van der Waals surface area contributed by atoms with Crippen molar-refractivity contribution in [3.63, 3.8) is 0 Å². The van der Waals surface area contributed by atoms with Gasteiger partial charge in [0.1, 0.15) is 0 Å². The summed E-state index contributed by atoms with van der Waals surface area (Å²) in [7, 11) is 0. The van der Waals surface area contributed by atoms with Crippen molar-refractivity contribution in [2.75, 3.05) is 6.61 Å². The Balaban J connectivity index is 2.32. The fraction of sp³-hybridized carbons (Fsp3) is 1.00. The maximum Gasteiger partial charge on any atom is 0.391 e. The third kappa shape index (κ3) is 3.43. The normalized spacial score (nSPS) is 32.0. The van der Waals surface area contributed by atoms with Gasteiger partial charge in [-0.3, -0.25) is 0 Å². The summed E-state index contributed by atoms with van der Waals surface area (Å²) >= 11 is 0. The van der Waals surface area contributed by atoms with Crippen molar-refractivity contribution in [1.29, 1.82) is 0 Å². The molecule has 2 unspecified atom stereocenters. The molecule has 0 N–H and O–H groups in total. The highest BCUT2D eigenvalue weighted by atomic mass is 19.4. The molecule has 1 aliphatic heterocycles. The summed E-state index contributed by atoms with van der Waals surface area (Å²) < 4.78 is 40.7. The Bertz CT molecular complexity index is 144. The second-order valence-electron chi connectivity index (χ2n) is 3.44. The van der Waals surface area contributed by atoms with Crippen LogP contribution < -0.4 is 0 Å². The molecule has 1 heterocycles. The average molecular weight is 182 g/mol. The van der Waals surface area contributed by atoms with Crippen LogP contribution in [0.15, 0.2) is 0 Å². The van der Waals surface area contributed by atoms with Crippen LogP contribution in [-0.2, 0) is 4.74 Å². The zero-order chi connectivity index (χ0) is 9.19. The van der Waals surface area contributed by atoms with Crippen LogP contribution in [0.1, 0.15) is 26.2 Å². The minimum Gasteiger partial charge on any atom is -0.378 e. The summed E-state index contributed by atoms with van der Waals surface area (Å²) in [5, 5.41) is 0. The van der Waals surface area contributed by atoms with Gasteiger partial charge in [-0.2, -0.15) is 13.2 Å². The molecule has 12 heavy (non-hydrogen) atoms. The lowest BCUT2D eigenvalue weighted by atomic mass is 9.96. The first-order valence-corrected chi connectivity index (χ1v) is 4.16.